The lowest BCUT2D eigenvalue weighted by Crippen LogP contribution is -2.43. The van der Waals surface area contributed by atoms with E-state index in [0.29, 0.717) is 0 Å². The highest BCUT2D eigenvalue weighted by atomic mass is 15.2. The third-order valence-electron chi connectivity index (χ3n) is 4.99. The van der Waals surface area contributed by atoms with Crippen LogP contribution >= 0.6 is 0 Å². The molecular formula is C20H24N4. The normalized spacial score (nSPS) is 15.9. The molecule has 0 radical (unpaired) electrons. The Morgan fingerprint density at radius 1 is 1.04 bits per heavy atom. The van der Waals surface area contributed by atoms with Gasteiger partial charge in [-0.15, -0.1) is 0 Å². The molecule has 1 N–H and O–H groups in total. The molecular weight excluding hydrogens is 296 g/mol. The van der Waals surface area contributed by atoms with E-state index in [1.54, 1.807) is 0 Å². The van der Waals surface area contributed by atoms with Gasteiger partial charge < -0.3 is 9.72 Å². The first-order valence-corrected chi connectivity index (χ1v) is 8.69. The topological polar surface area (TPSA) is 32.6 Å². The lowest BCUT2D eigenvalue weighted by Gasteiger charge is -2.27. The van der Waals surface area contributed by atoms with Crippen LogP contribution in [0.15, 0.2) is 42.6 Å². The molecule has 4 nitrogen and oxygen atoms in total. The zero-order valence-electron chi connectivity index (χ0n) is 14.4. The number of benzene rings is 1. The van der Waals surface area contributed by atoms with Gasteiger partial charge in [0, 0.05) is 44.5 Å². The van der Waals surface area contributed by atoms with Gasteiger partial charge in [-0.1, -0.05) is 18.2 Å². The summed E-state index contributed by atoms with van der Waals surface area (Å²) in [7, 11) is 0. The molecule has 4 rings (SSSR count). The van der Waals surface area contributed by atoms with Gasteiger partial charge in [0.05, 0.1) is 11.4 Å². The van der Waals surface area contributed by atoms with Crippen molar-refractivity contribution in [3.63, 3.8) is 0 Å². The fraction of sp³-hybridized carbons (Fsp3) is 0.350. The SMILES string of the molecule is Cc1ccc(-c2nc3ccccn3c2CN2CCNCC2)cc1C. The Hall–Kier alpha value is -2.17. The number of imidazole rings is 1. The Bertz CT molecular complexity index is 859. The molecule has 0 saturated carbocycles. The lowest BCUT2D eigenvalue weighted by molar-refractivity contribution is 0.230. The van der Waals surface area contributed by atoms with E-state index >= 15 is 0 Å². The average Bonchev–Trinajstić information content (AvgIpc) is 2.97. The van der Waals surface area contributed by atoms with Crippen LogP contribution in [0.1, 0.15) is 16.8 Å². The van der Waals surface area contributed by atoms with Crippen molar-refractivity contribution >= 4 is 5.65 Å². The Morgan fingerprint density at radius 3 is 2.67 bits per heavy atom. The van der Waals surface area contributed by atoms with Crippen LogP contribution < -0.4 is 5.32 Å². The van der Waals surface area contributed by atoms with Gasteiger partial charge in [-0.3, -0.25) is 4.90 Å². The number of piperazine rings is 1. The van der Waals surface area contributed by atoms with E-state index in [1.807, 2.05) is 0 Å². The second kappa shape index (κ2) is 6.38. The summed E-state index contributed by atoms with van der Waals surface area (Å²) in [6.45, 7) is 9.58. The fourth-order valence-electron chi connectivity index (χ4n) is 3.40. The fourth-order valence-corrected chi connectivity index (χ4v) is 3.40. The van der Waals surface area contributed by atoms with Gasteiger partial charge in [0.1, 0.15) is 5.65 Å². The highest BCUT2D eigenvalue weighted by molar-refractivity contribution is 5.67. The van der Waals surface area contributed by atoms with Crippen LogP contribution in [0.5, 0.6) is 0 Å². The van der Waals surface area contributed by atoms with E-state index in [4.69, 9.17) is 4.98 Å². The maximum Gasteiger partial charge on any atom is 0.137 e. The van der Waals surface area contributed by atoms with Crippen LogP contribution in [0, 0.1) is 13.8 Å². The number of rotatable bonds is 3. The first-order chi connectivity index (χ1) is 11.7. The minimum absolute atomic E-state index is 0.940. The van der Waals surface area contributed by atoms with Gasteiger partial charge in [0.15, 0.2) is 0 Å². The Morgan fingerprint density at radius 2 is 1.88 bits per heavy atom. The Kier molecular flexibility index (Phi) is 4.08. The van der Waals surface area contributed by atoms with Crippen LogP contribution in [-0.4, -0.2) is 40.5 Å². The summed E-state index contributed by atoms with van der Waals surface area (Å²) in [5.74, 6) is 0. The third-order valence-corrected chi connectivity index (χ3v) is 4.99. The van der Waals surface area contributed by atoms with E-state index in [0.717, 1.165) is 44.1 Å². The lowest BCUT2D eigenvalue weighted by atomic mass is 10.0. The molecule has 0 spiro atoms. The summed E-state index contributed by atoms with van der Waals surface area (Å²) < 4.78 is 2.24. The van der Waals surface area contributed by atoms with Crippen molar-refractivity contribution < 1.29 is 0 Å². The summed E-state index contributed by atoms with van der Waals surface area (Å²) in [6.07, 6.45) is 2.13. The molecule has 124 valence electrons. The minimum Gasteiger partial charge on any atom is -0.314 e. The standard InChI is InChI=1S/C20H24N4/c1-15-6-7-17(13-16(15)2)20-18(14-23-11-8-21-9-12-23)24-10-4-3-5-19(24)22-20/h3-7,10,13,21H,8-9,11-12,14H2,1-2H3. The largest absolute Gasteiger partial charge is 0.314 e. The van der Waals surface area contributed by atoms with E-state index in [9.17, 15) is 0 Å². The molecule has 0 atom stereocenters. The van der Waals surface area contributed by atoms with Crippen molar-refractivity contribution in [1.82, 2.24) is 19.6 Å². The summed E-state index contributed by atoms with van der Waals surface area (Å²) in [4.78, 5) is 7.45. The molecule has 1 aromatic carbocycles. The number of aromatic nitrogens is 2. The number of hydrogen-bond acceptors (Lipinski definition) is 3. The Labute approximate surface area is 143 Å². The van der Waals surface area contributed by atoms with Crippen molar-refractivity contribution in [3.05, 3.63) is 59.4 Å². The van der Waals surface area contributed by atoms with E-state index in [1.165, 1.54) is 22.4 Å². The van der Waals surface area contributed by atoms with Gasteiger partial charge in [-0.2, -0.15) is 0 Å². The predicted molar refractivity (Wildman–Crippen MR) is 98.2 cm³/mol. The summed E-state index contributed by atoms with van der Waals surface area (Å²) >= 11 is 0. The molecule has 1 aliphatic heterocycles. The second-order valence-electron chi connectivity index (χ2n) is 6.66. The molecule has 3 heterocycles. The predicted octanol–water partition coefficient (Wildman–Crippen LogP) is 3.02. The maximum atomic E-state index is 4.94. The Balaban J connectivity index is 1.81. The monoisotopic (exact) mass is 320 g/mol. The quantitative estimate of drug-likeness (QED) is 0.805. The van der Waals surface area contributed by atoms with Gasteiger partial charge in [-0.25, -0.2) is 4.98 Å². The van der Waals surface area contributed by atoms with Crippen LogP contribution in [0.3, 0.4) is 0 Å². The molecule has 0 bridgehead atoms. The second-order valence-corrected chi connectivity index (χ2v) is 6.66. The smallest absolute Gasteiger partial charge is 0.137 e. The molecule has 1 fully saturated rings. The van der Waals surface area contributed by atoms with Gasteiger partial charge in [0.25, 0.3) is 0 Å². The minimum atomic E-state index is 0.940. The third kappa shape index (κ3) is 2.83. The van der Waals surface area contributed by atoms with Crippen molar-refractivity contribution in [3.8, 4) is 11.3 Å². The summed E-state index contributed by atoms with van der Waals surface area (Å²) in [6, 6.07) is 12.9. The highest BCUT2D eigenvalue weighted by Crippen LogP contribution is 2.27. The van der Waals surface area contributed by atoms with E-state index in [-0.39, 0.29) is 0 Å². The van der Waals surface area contributed by atoms with Gasteiger partial charge >= 0.3 is 0 Å². The molecule has 4 heteroatoms. The molecule has 0 unspecified atom stereocenters. The summed E-state index contributed by atoms with van der Waals surface area (Å²) in [5.41, 5.74) is 7.28. The van der Waals surface area contributed by atoms with E-state index in [2.05, 4.69) is 71.1 Å². The first kappa shape index (κ1) is 15.4. The van der Waals surface area contributed by atoms with Crippen molar-refractivity contribution in [2.75, 3.05) is 26.2 Å². The van der Waals surface area contributed by atoms with Crippen LogP contribution in [-0.2, 0) is 6.54 Å². The molecule has 1 saturated heterocycles. The van der Waals surface area contributed by atoms with Gasteiger partial charge in [0.2, 0.25) is 0 Å². The van der Waals surface area contributed by atoms with Crippen molar-refractivity contribution in [2.45, 2.75) is 20.4 Å². The average molecular weight is 320 g/mol. The molecule has 2 aromatic heterocycles. The zero-order chi connectivity index (χ0) is 16.5. The van der Waals surface area contributed by atoms with E-state index < -0.39 is 0 Å². The number of hydrogen-bond donors (Lipinski definition) is 1. The van der Waals surface area contributed by atoms with Gasteiger partial charge in [-0.05, 0) is 43.2 Å². The number of aryl methyl sites for hydroxylation is 2. The van der Waals surface area contributed by atoms with Crippen LogP contribution in [0.4, 0.5) is 0 Å². The van der Waals surface area contributed by atoms with Crippen LogP contribution in [0.2, 0.25) is 0 Å². The number of nitrogens with one attached hydrogen (secondary N) is 1. The molecule has 0 amide bonds. The molecule has 0 aliphatic carbocycles. The maximum absolute atomic E-state index is 4.94. The molecule has 24 heavy (non-hydrogen) atoms. The number of fused-ring (bicyclic) bond motifs is 1. The van der Waals surface area contributed by atoms with Crippen molar-refractivity contribution in [2.24, 2.45) is 0 Å². The number of pyridine rings is 1. The molecule has 3 aromatic rings. The summed E-state index contributed by atoms with van der Waals surface area (Å²) in [5, 5.41) is 3.43. The van der Waals surface area contributed by atoms with Crippen LogP contribution in [0.25, 0.3) is 16.9 Å². The highest BCUT2D eigenvalue weighted by Gasteiger charge is 2.18. The molecule has 1 aliphatic rings. The zero-order valence-corrected chi connectivity index (χ0v) is 14.4. The first-order valence-electron chi connectivity index (χ1n) is 8.69. The number of nitrogens with zero attached hydrogens (tertiary/aromatic N) is 3. The van der Waals surface area contributed by atoms with Crippen molar-refractivity contribution in [1.29, 1.82) is 0 Å².